The van der Waals surface area contributed by atoms with Crippen LogP contribution in [0.15, 0.2) is 18.2 Å². The summed E-state index contributed by atoms with van der Waals surface area (Å²) in [6, 6.07) is 5.83. The van der Waals surface area contributed by atoms with Crippen LogP contribution in [0.4, 0.5) is 5.69 Å². The van der Waals surface area contributed by atoms with E-state index in [0.717, 1.165) is 24.2 Å². The minimum atomic E-state index is 0.175. The Bertz CT molecular complexity index is 374. The minimum absolute atomic E-state index is 0.175. The fourth-order valence-electron chi connectivity index (χ4n) is 1.77. The van der Waals surface area contributed by atoms with E-state index in [1.807, 2.05) is 25.2 Å². The Morgan fingerprint density at radius 1 is 1.36 bits per heavy atom. The van der Waals surface area contributed by atoms with Crippen molar-refractivity contribution in [1.82, 2.24) is 4.90 Å². The van der Waals surface area contributed by atoms with Gasteiger partial charge in [-0.25, -0.2) is 0 Å². The second kappa shape index (κ2) is 3.33. The van der Waals surface area contributed by atoms with E-state index in [1.165, 1.54) is 5.56 Å². The monoisotopic (exact) mass is 190 g/mol. The van der Waals surface area contributed by atoms with E-state index >= 15 is 0 Å². The van der Waals surface area contributed by atoms with Crippen LogP contribution in [0.5, 0.6) is 0 Å². The van der Waals surface area contributed by atoms with Crippen LogP contribution in [0.2, 0.25) is 0 Å². The summed E-state index contributed by atoms with van der Waals surface area (Å²) < 4.78 is 0. The quantitative estimate of drug-likeness (QED) is 0.616. The predicted molar refractivity (Wildman–Crippen MR) is 55.9 cm³/mol. The smallest absolute Gasteiger partial charge is 0.226 e. The average Bonchev–Trinajstić information content (AvgIpc) is 2.27. The van der Waals surface area contributed by atoms with E-state index in [9.17, 15) is 4.79 Å². The first-order chi connectivity index (χ1) is 6.66. The lowest BCUT2D eigenvalue weighted by molar-refractivity contribution is -0.128. The SMILES string of the molecule is CN1CCc2ccc(N)cc2CC1=O. The fraction of sp³-hybridized carbons (Fsp3) is 0.364. The van der Waals surface area contributed by atoms with Crippen LogP contribution in [0.1, 0.15) is 11.1 Å². The summed E-state index contributed by atoms with van der Waals surface area (Å²) >= 11 is 0. The first kappa shape index (κ1) is 9.06. The Morgan fingerprint density at radius 3 is 2.93 bits per heavy atom. The number of anilines is 1. The Hall–Kier alpha value is -1.51. The lowest BCUT2D eigenvalue weighted by Crippen LogP contribution is -2.27. The van der Waals surface area contributed by atoms with Gasteiger partial charge in [0.1, 0.15) is 0 Å². The van der Waals surface area contributed by atoms with E-state index in [4.69, 9.17) is 5.73 Å². The maximum absolute atomic E-state index is 11.6. The number of benzene rings is 1. The number of rotatable bonds is 0. The van der Waals surface area contributed by atoms with Crippen molar-refractivity contribution in [1.29, 1.82) is 0 Å². The molecule has 1 heterocycles. The molecular weight excluding hydrogens is 176 g/mol. The van der Waals surface area contributed by atoms with E-state index in [1.54, 1.807) is 4.90 Å². The third-order valence-electron chi connectivity index (χ3n) is 2.71. The molecule has 1 aromatic rings. The van der Waals surface area contributed by atoms with Crippen molar-refractivity contribution < 1.29 is 4.79 Å². The van der Waals surface area contributed by atoms with Crippen LogP contribution < -0.4 is 5.73 Å². The number of nitrogens with two attached hydrogens (primary N) is 1. The molecule has 1 aromatic carbocycles. The standard InChI is InChI=1S/C11H14N2O/c1-13-5-4-8-2-3-10(12)6-9(8)7-11(13)14/h2-3,6H,4-5,7,12H2,1H3. The molecule has 1 aliphatic heterocycles. The second-order valence-corrected chi connectivity index (χ2v) is 3.77. The summed E-state index contributed by atoms with van der Waals surface area (Å²) in [7, 11) is 1.84. The van der Waals surface area contributed by atoms with Crippen molar-refractivity contribution >= 4 is 11.6 Å². The van der Waals surface area contributed by atoms with Crippen LogP contribution in [0.25, 0.3) is 0 Å². The van der Waals surface area contributed by atoms with Crippen molar-refractivity contribution in [2.75, 3.05) is 19.3 Å². The molecule has 0 saturated heterocycles. The van der Waals surface area contributed by atoms with Gasteiger partial charge in [-0.15, -0.1) is 0 Å². The Morgan fingerprint density at radius 2 is 2.14 bits per heavy atom. The lowest BCUT2D eigenvalue weighted by Gasteiger charge is -2.12. The molecule has 0 saturated carbocycles. The van der Waals surface area contributed by atoms with Crippen LogP contribution in [-0.2, 0) is 17.6 Å². The van der Waals surface area contributed by atoms with E-state index in [2.05, 4.69) is 0 Å². The van der Waals surface area contributed by atoms with Crippen molar-refractivity contribution in [3.63, 3.8) is 0 Å². The number of likely N-dealkylation sites (N-methyl/N-ethyl adjacent to an activating group) is 1. The van der Waals surface area contributed by atoms with Crippen molar-refractivity contribution in [2.24, 2.45) is 0 Å². The Labute approximate surface area is 83.5 Å². The van der Waals surface area contributed by atoms with Gasteiger partial charge >= 0.3 is 0 Å². The highest BCUT2D eigenvalue weighted by molar-refractivity contribution is 5.80. The summed E-state index contributed by atoms with van der Waals surface area (Å²) in [5.41, 5.74) is 8.76. The van der Waals surface area contributed by atoms with Gasteiger partial charge < -0.3 is 10.6 Å². The first-order valence-electron chi connectivity index (χ1n) is 4.78. The molecular formula is C11H14N2O. The summed E-state index contributed by atoms with van der Waals surface area (Å²) in [4.78, 5) is 13.3. The molecule has 3 nitrogen and oxygen atoms in total. The molecule has 74 valence electrons. The van der Waals surface area contributed by atoms with Gasteiger partial charge in [0, 0.05) is 19.3 Å². The van der Waals surface area contributed by atoms with Gasteiger partial charge in [-0.1, -0.05) is 6.07 Å². The van der Waals surface area contributed by atoms with Crippen LogP contribution >= 0.6 is 0 Å². The Balaban J connectivity index is 2.38. The van der Waals surface area contributed by atoms with Crippen LogP contribution in [-0.4, -0.2) is 24.4 Å². The second-order valence-electron chi connectivity index (χ2n) is 3.77. The molecule has 2 rings (SSSR count). The summed E-state index contributed by atoms with van der Waals surface area (Å²) in [6.45, 7) is 0.801. The zero-order valence-electron chi connectivity index (χ0n) is 8.29. The molecule has 14 heavy (non-hydrogen) atoms. The van der Waals surface area contributed by atoms with Gasteiger partial charge in [0.25, 0.3) is 0 Å². The minimum Gasteiger partial charge on any atom is -0.399 e. The fourth-order valence-corrected chi connectivity index (χ4v) is 1.77. The van der Waals surface area contributed by atoms with Crippen LogP contribution in [0.3, 0.4) is 0 Å². The summed E-state index contributed by atoms with van der Waals surface area (Å²) in [5, 5.41) is 0. The number of hydrogen-bond donors (Lipinski definition) is 1. The Kier molecular flexibility index (Phi) is 2.15. The topological polar surface area (TPSA) is 46.3 Å². The van der Waals surface area contributed by atoms with Crippen molar-refractivity contribution in [2.45, 2.75) is 12.8 Å². The number of amides is 1. The highest BCUT2D eigenvalue weighted by Gasteiger charge is 2.17. The van der Waals surface area contributed by atoms with Gasteiger partial charge in [-0.2, -0.15) is 0 Å². The van der Waals surface area contributed by atoms with E-state index in [-0.39, 0.29) is 5.91 Å². The molecule has 0 aliphatic carbocycles. The lowest BCUT2D eigenvalue weighted by atomic mass is 10.0. The third-order valence-corrected chi connectivity index (χ3v) is 2.71. The predicted octanol–water partition coefficient (Wildman–Crippen LogP) is 0.826. The van der Waals surface area contributed by atoms with Gasteiger partial charge in [0.2, 0.25) is 5.91 Å². The number of hydrogen-bond acceptors (Lipinski definition) is 2. The molecule has 0 atom stereocenters. The summed E-state index contributed by atoms with van der Waals surface area (Å²) in [5.74, 6) is 0.175. The molecule has 2 N–H and O–H groups in total. The van der Waals surface area contributed by atoms with E-state index in [0.29, 0.717) is 6.42 Å². The highest BCUT2D eigenvalue weighted by Crippen LogP contribution is 2.18. The maximum Gasteiger partial charge on any atom is 0.226 e. The molecule has 0 spiro atoms. The van der Waals surface area contributed by atoms with Gasteiger partial charge in [0.05, 0.1) is 6.42 Å². The number of nitrogens with zero attached hydrogens (tertiary/aromatic N) is 1. The molecule has 3 heteroatoms. The van der Waals surface area contributed by atoms with Gasteiger partial charge in [-0.3, -0.25) is 4.79 Å². The molecule has 0 bridgehead atoms. The number of nitrogen functional groups attached to an aromatic ring is 1. The first-order valence-corrected chi connectivity index (χ1v) is 4.78. The maximum atomic E-state index is 11.6. The van der Waals surface area contributed by atoms with Gasteiger partial charge in [0.15, 0.2) is 0 Å². The third kappa shape index (κ3) is 1.58. The summed E-state index contributed by atoms with van der Waals surface area (Å²) in [6.07, 6.45) is 1.41. The molecule has 1 amide bonds. The number of fused-ring (bicyclic) bond motifs is 1. The molecule has 1 aliphatic rings. The van der Waals surface area contributed by atoms with Crippen molar-refractivity contribution in [3.05, 3.63) is 29.3 Å². The highest BCUT2D eigenvalue weighted by atomic mass is 16.2. The number of carbonyl (C=O) groups is 1. The normalized spacial score (nSPS) is 16.4. The zero-order chi connectivity index (χ0) is 10.1. The molecule has 0 aromatic heterocycles. The number of carbonyl (C=O) groups excluding carboxylic acids is 1. The molecule has 0 radical (unpaired) electrons. The molecule has 0 unspecified atom stereocenters. The van der Waals surface area contributed by atoms with Crippen LogP contribution in [0, 0.1) is 0 Å². The van der Waals surface area contributed by atoms with Crippen molar-refractivity contribution in [3.8, 4) is 0 Å². The largest absolute Gasteiger partial charge is 0.399 e. The zero-order valence-corrected chi connectivity index (χ0v) is 8.29. The van der Waals surface area contributed by atoms with Gasteiger partial charge in [-0.05, 0) is 29.7 Å². The molecule has 0 fully saturated rings. The average molecular weight is 190 g/mol. The van der Waals surface area contributed by atoms with E-state index < -0.39 is 0 Å².